The van der Waals surface area contributed by atoms with Gasteiger partial charge in [-0.2, -0.15) is 21.6 Å². The van der Waals surface area contributed by atoms with Gasteiger partial charge >= 0.3 is 12.1 Å². The van der Waals surface area contributed by atoms with Crippen molar-refractivity contribution in [3.8, 4) is 0 Å². The van der Waals surface area contributed by atoms with Gasteiger partial charge in [-0.25, -0.2) is 15.3 Å². The Morgan fingerprint density at radius 2 is 1.94 bits per heavy atom. The minimum atomic E-state index is -5.08. The largest absolute Gasteiger partial charge is 0.490 e. The number of pyridine rings is 2. The number of hydroxylamine groups is 1. The molecule has 2 aromatic heterocycles. The van der Waals surface area contributed by atoms with Crippen LogP contribution in [-0.2, 0) is 30.9 Å². The lowest BCUT2D eigenvalue weighted by Crippen LogP contribution is -2.35. The molecular formula is C18H22F3N7O7S. The molecule has 0 aliphatic rings. The van der Waals surface area contributed by atoms with Crippen molar-refractivity contribution in [2.45, 2.75) is 24.5 Å². The number of halogens is 3. The Morgan fingerprint density at radius 1 is 1.31 bits per heavy atom. The molecule has 0 aliphatic carbocycles. The van der Waals surface area contributed by atoms with E-state index >= 15 is 0 Å². The van der Waals surface area contributed by atoms with E-state index in [2.05, 4.69) is 25.5 Å². The number of nitrogens with two attached hydrogens (primary N) is 1. The average molecular weight is 537 g/mol. The molecular weight excluding hydrogens is 515 g/mol. The molecule has 0 fully saturated rings. The molecule has 198 valence electrons. The maximum atomic E-state index is 12.5. The van der Waals surface area contributed by atoms with E-state index in [0.717, 1.165) is 0 Å². The lowest BCUT2D eigenvalue weighted by molar-refractivity contribution is -0.192. The van der Waals surface area contributed by atoms with Gasteiger partial charge in [0.2, 0.25) is 11.9 Å². The second-order valence-electron chi connectivity index (χ2n) is 6.65. The van der Waals surface area contributed by atoms with E-state index in [9.17, 15) is 31.2 Å². The standard InChI is InChI=1S/C16H21N7O5S.C2HF3O2/c1-10-8-11(9-12(24)19-6-7-28-22-16(17)18)14(15(25)21-10)23-29(26,27)13-4-2-3-5-20-13;3-2(4,5)1(6)7/h2-5,8,23H,6-7,9H2,1H3,(H,19,24)(H,21,25)(H4,17,18,22);(H,6,7). The maximum Gasteiger partial charge on any atom is 0.490 e. The minimum Gasteiger partial charge on any atom is -0.475 e. The minimum absolute atomic E-state index is 0.0406. The zero-order valence-electron chi connectivity index (χ0n) is 18.5. The van der Waals surface area contributed by atoms with Crippen LogP contribution >= 0.6 is 0 Å². The van der Waals surface area contributed by atoms with Crippen molar-refractivity contribution >= 4 is 33.5 Å². The van der Waals surface area contributed by atoms with Crippen LogP contribution in [0.3, 0.4) is 0 Å². The third kappa shape index (κ3) is 10.4. The number of aryl methyl sites for hydroxylation is 1. The highest BCUT2D eigenvalue weighted by atomic mass is 32.2. The Hall–Kier alpha value is -4.19. The molecule has 2 rings (SSSR count). The summed E-state index contributed by atoms with van der Waals surface area (Å²) in [4.78, 5) is 44.5. The zero-order chi connectivity index (χ0) is 27.5. The fraction of sp³-hybridized carbons (Fsp3) is 0.278. The summed E-state index contributed by atoms with van der Waals surface area (Å²) >= 11 is 0. The van der Waals surface area contributed by atoms with Crippen LogP contribution in [0.2, 0.25) is 0 Å². The fourth-order valence-corrected chi connectivity index (χ4v) is 3.36. The summed E-state index contributed by atoms with van der Waals surface area (Å²) in [7, 11) is -4.11. The van der Waals surface area contributed by atoms with Crippen LogP contribution < -0.4 is 26.8 Å². The van der Waals surface area contributed by atoms with Crippen LogP contribution in [0.25, 0.3) is 0 Å². The lowest BCUT2D eigenvalue weighted by atomic mass is 10.1. The third-order valence-corrected chi connectivity index (χ3v) is 4.97. The number of nitrogens with zero attached hydrogens (tertiary/aromatic N) is 1. The summed E-state index contributed by atoms with van der Waals surface area (Å²) in [6.07, 6.45) is -4.02. The number of carboxylic acids is 1. The monoisotopic (exact) mass is 537 g/mol. The van der Waals surface area contributed by atoms with E-state index in [0.29, 0.717) is 5.69 Å². The Bertz CT molecular complexity index is 1240. The number of sulfonamides is 1. The highest BCUT2D eigenvalue weighted by Crippen LogP contribution is 2.17. The number of carbonyl (C=O) groups excluding carboxylic acids is 1. The van der Waals surface area contributed by atoms with E-state index in [1.165, 1.54) is 24.4 Å². The molecule has 2 aromatic rings. The van der Waals surface area contributed by atoms with Gasteiger partial charge in [-0.05, 0) is 30.7 Å². The number of anilines is 1. The molecule has 8 N–H and O–H groups in total. The van der Waals surface area contributed by atoms with Gasteiger partial charge in [0.25, 0.3) is 15.6 Å². The van der Waals surface area contributed by atoms with E-state index < -0.39 is 33.6 Å². The first-order valence-corrected chi connectivity index (χ1v) is 11.1. The first kappa shape index (κ1) is 29.8. The van der Waals surface area contributed by atoms with E-state index in [1.807, 2.05) is 0 Å². The van der Waals surface area contributed by atoms with Crippen molar-refractivity contribution in [1.82, 2.24) is 20.8 Å². The predicted octanol–water partition coefficient (Wildman–Crippen LogP) is -0.414. The van der Waals surface area contributed by atoms with Crippen molar-refractivity contribution in [3.05, 3.63) is 52.1 Å². The van der Waals surface area contributed by atoms with Crippen LogP contribution in [0.1, 0.15) is 11.3 Å². The van der Waals surface area contributed by atoms with Gasteiger partial charge in [0.1, 0.15) is 5.69 Å². The number of hydrogen-bond donors (Lipinski definition) is 7. The second kappa shape index (κ2) is 13.0. The van der Waals surface area contributed by atoms with Crippen LogP contribution in [-0.4, -0.2) is 60.7 Å². The number of amides is 1. The highest BCUT2D eigenvalue weighted by molar-refractivity contribution is 7.92. The molecule has 2 heterocycles. The second-order valence-corrected chi connectivity index (χ2v) is 8.28. The first-order chi connectivity index (χ1) is 16.6. The highest BCUT2D eigenvalue weighted by Gasteiger charge is 2.38. The first-order valence-electron chi connectivity index (χ1n) is 9.58. The lowest BCUT2D eigenvalue weighted by Gasteiger charge is -2.12. The number of rotatable bonds is 9. The van der Waals surface area contributed by atoms with Crippen molar-refractivity contribution in [2.24, 2.45) is 5.73 Å². The summed E-state index contributed by atoms with van der Waals surface area (Å²) < 4.78 is 58.9. The van der Waals surface area contributed by atoms with E-state index in [-0.39, 0.29) is 41.8 Å². The number of alkyl halides is 3. The number of carboxylic acid groups (broad SMARTS) is 1. The van der Waals surface area contributed by atoms with Gasteiger partial charge in [-0.15, -0.1) is 0 Å². The van der Waals surface area contributed by atoms with Crippen molar-refractivity contribution in [2.75, 3.05) is 17.9 Å². The Balaban J connectivity index is 0.000000809. The van der Waals surface area contributed by atoms with Gasteiger partial charge in [-0.3, -0.25) is 24.6 Å². The fourth-order valence-electron chi connectivity index (χ4n) is 2.31. The number of H-pyrrole nitrogens is 1. The van der Waals surface area contributed by atoms with Crippen molar-refractivity contribution in [3.63, 3.8) is 0 Å². The molecule has 0 saturated heterocycles. The van der Waals surface area contributed by atoms with Gasteiger partial charge in [0.15, 0.2) is 5.03 Å². The van der Waals surface area contributed by atoms with Gasteiger partial charge in [0, 0.05) is 18.4 Å². The number of nitrogens with one attached hydrogen (secondary N) is 5. The Labute approximate surface area is 201 Å². The summed E-state index contributed by atoms with van der Waals surface area (Å²) in [5.41, 5.74) is 6.88. The average Bonchev–Trinajstić information content (AvgIpc) is 2.76. The van der Waals surface area contributed by atoms with Gasteiger partial charge < -0.3 is 21.1 Å². The predicted molar refractivity (Wildman–Crippen MR) is 118 cm³/mol. The molecule has 36 heavy (non-hydrogen) atoms. The van der Waals surface area contributed by atoms with E-state index in [1.54, 1.807) is 13.0 Å². The number of hydrogen-bond acceptors (Lipinski definition) is 8. The van der Waals surface area contributed by atoms with Crippen molar-refractivity contribution in [1.29, 1.82) is 5.41 Å². The molecule has 1 amide bonds. The summed E-state index contributed by atoms with van der Waals surface area (Å²) in [6.45, 7) is 1.76. The SMILES string of the molecule is Cc1cc(CC(=O)NCCONC(=N)N)c(NS(=O)(=O)c2ccccn2)c(=O)[nH]1.O=C(O)C(F)(F)F. The van der Waals surface area contributed by atoms with Gasteiger partial charge in [0.05, 0.1) is 13.0 Å². The van der Waals surface area contributed by atoms with Crippen LogP contribution in [0.5, 0.6) is 0 Å². The molecule has 0 unspecified atom stereocenters. The Kier molecular flexibility index (Phi) is 10.8. The molecule has 0 bridgehead atoms. The van der Waals surface area contributed by atoms with Gasteiger partial charge in [-0.1, -0.05) is 6.07 Å². The number of aromatic amines is 1. The quantitative estimate of drug-likeness (QED) is 0.0945. The Morgan fingerprint density at radius 3 is 2.47 bits per heavy atom. The molecule has 18 heteroatoms. The number of guanidine groups is 1. The molecule has 0 aromatic carbocycles. The summed E-state index contributed by atoms with van der Waals surface area (Å²) in [6, 6.07) is 5.85. The van der Waals surface area contributed by atoms with Crippen molar-refractivity contribution < 1.29 is 41.1 Å². The van der Waals surface area contributed by atoms with Crippen LogP contribution in [0, 0.1) is 12.3 Å². The number of aliphatic carboxylic acids is 1. The molecule has 0 atom stereocenters. The zero-order valence-corrected chi connectivity index (χ0v) is 19.3. The molecule has 0 aliphatic heterocycles. The van der Waals surface area contributed by atoms with Crippen LogP contribution in [0.15, 0.2) is 40.3 Å². The number of carbonyl (C=O) groups is 2. The third-order valence-electron chi connectivity index (χ3n) is 3.70. The molecule has 0 spiro atoms. The maximum absolute atomic E-state index is 12.5. The molecule has 0 saturated carbocycles. The smallest absolute Gasteiger partial charge is 0.475 e. The van der Waals surface area contributed by atoms with E-state index in [4.69, 9.17) is 25.9 Å². The molecule has 14 nitrogen and oxygen atoms in total. The normalized spacial score (nSPS) is 11.0. The summed E-state index contributed by atoms with van der Waals surface area (Å²) in [5, 5.41) is 16.3. The van der Waals surface area contributed by atoms with Crippen LogP contribution in [0.4, 0.5) is 18.9 Å². The number of aromatic nitrogens is 2. The summed E-state index contributed by atoms with van der Waals surface area (Å²) in [5.74, 6) is -3.59. The topological polar surface area (TPSA) is 229 Å². The molecule has 0 radical (unpaired) electrons.